The molecule has 0 saturated heterocycles. The van der Waals surface area contributed by atoms with Crippen molar-refractivity contribution in [2.75, 3.05) is 0 Å². The van der Waals surface area contributed by atoms with Crippen LogP contribution in [-0.4, -0.2) is 9.97 Å². The molecule has 0 N–H and O–H groups in total. The molecule has 0 atom stereocenters. The van der Waals surface area contributed by atoms with E-state index in [0.717, 1.165) is 0 Å². The fourth-order valence-corrected chi connectivity index (χ4v) is 1.41. The number of halogens is 6. The molecule has 0 fully saturated rings. The lowest BCUT2D eigenvalue weighted by Crippen LogP contribution is -2.06. The molecule has 0 nitrogen and oxygen atoms in total. The lowest BCUT2D eigenvalue weighted by Gasteiger charge is -2.10. The Morgan fingerprint density at radius 2 is 1.14 bits per heavy atom. The van der Waals surface area contributed by atoms with Gasteiger partial charge in [0.25, 0.3) is 0 Å². The first-order valence-corrected chi connectivity index (χ1v) is 5.47. The molecule has 86 valence electrons. The molecule has 0 amide bonds. The Morgan fingerprint density at radius 1 is 0.714 bits per heavy atom. The summed E-state index contributed by atoms with van der Waals surface area (Å²) in [7, 11) is 0. The lowest BCUT2D eigenvalue weighted by molar-refractivity contribution is -0.135. The third-order valence-electron chi connectivity index (χ3n) is 1.67. The van der Waals surface area contributed by atoms with Crippen LogP contribution in [0.5, 0.6) is 0 Å². The second-order valence-corrected chi connectivity index (χ2v) is 5.66. The van der Waals surface area contributed by atoms with E-state index in [4.69, 9.17) is 34.8 Å². The fraction of sp³-hybridized carbons (Fsp3) is 1.00. The largest absolute Gasteiger partial charge is 0.389 e. The monoisotopic (exact) mass is 270 g/mol. The van der Waals surface area contributed by atoms with Crippen molar-refractivity contribution in [2.24, 2.45) is 0 Å². The molecule has 0 aromatic carbocycles. The van der Waals surface area contributed by atoms with Crippen molar-refractivity contribution in [3.05, 3.63) is 0 Å². The van der Waals surface area contributed by atoms with Crippen LogP contribution in [0.4, 0.5) is 13.2 Å². The average molecular weight is 272 g/mol. The van der Waals surface area contributed by atoms with Gasteiger partial charge in [-0.3, -0.25) is 0 Å². The van der Waals surface area contributed by atoms with Gasteiger partial charge in [0.15, 0.2) is 3.79 Å². The topological polar surface area (TPSA) is 0 Å². The van der Waals surface area contributed by atoms with Crippen LogP contribution >= 0.6 is 34.8 Å². The quantitative estimate of drug-likeness (QED) is 0.472. The van der Waals surface area contributed by atoms with Crippen molar-refractivity contribution in [3.63, 3.8) is 0 Å². The van der Waals surface area contributed by atoms with E-state index in [0.29, 0.717) is 25.7 Å². The molecule has 0 aromatic rings. The molecule has 0 aliphatic heterocycles. The Bertz CT molecular complexity index is 133. The second kappa shape index (κ2) is 6.29. The van der Waals surface area contributed by atoms with E-state index in [1.54, 1.807) is 0 Å². The minimum Gasteiger partial charge on any atom is -0.171 e. The van der Waals surface area contributed by atoms with E-state index in [1.807, 2.05) is 0 Å². The summed E-state index contributed by atoms with van der Waals surface area (Å²) in [5, 5.41) is 0. The molecule has 0 aliphatic carbocycles. The molecule has 0 heterocycles. The first kappa shape index (κ1) is 14.7. The standard InChI is InChI=1S/C8H12Cl3F3/c9-7(10,11)5-3-1-2-4-6-8(12,13)14/h1-6H2. The Hall–Kier alpha value is 0.660. The highest BCUT2D eigenvalue weighted by Crippen LogP contribution is 2.32. The van der Waals surface area contributed by atoms with Crippen LogP contribution in [0.1, 0.15) is 38.5 Å². The molecular weight excluding hydrogens is 259 g/mol. The van der Waals surface area contributed by atoms with Crippen LogP contribution < -0.4 is 0 Å². The van der Waals surface area contributed by atoms with Gasteiger partial charge < -0.3 is 0 Å². The fourth-order valence-electron chi connectivity index (χ4n) is 1.00. The summed E-state index contributed by atoms with van der Waals surface area (Å²) in [5.41, 5.74) is 0. The molecule has 0 spiro atoms. The summed E-state index contributed by atoms with van der Waals surface area (Å²) in [5.74, 6) is 0. The molecule has 0 rings (SSSR count). The van der Waals surface area contributed by atoms with Crippen LogP contribution in [0.3, 0.4) is 0 Å². The van der Waals surface area contributed by atoms with E-state index in [2.05, 4.69) is 0 Å². The summed E-state index contributed by atoms with van der Waals surface area (Å²) < 4.78 is 33.8. The molecular formula is C8H12Cl3F3. The molecule has 0 aliphatic rings. The lowest BCUT2D eigenvalue weighted by atomic mass is 10.1. The highest BCUT2D eigenvalue weighted by molar-refractivity contribution is 6.67. The van der Waals surface area contributed by atoms with Gasteiger partial charge in [0.2, 0.25) is 0 Å². The maximum Gasteiger partial charge on any atom is 0.389 e. The Kier molecular flexibility index (Phi) is 6.58. The molecule has 0 saturated carbocycles. The number of alkyl halides is 6. The van der Waals surface area contributed by atoms with E-state index in [9.17, 15) is 13.2 Å². The number of hydrogen-bond donors (Lipinski definition) is 0. The van der Waals surface area contributed by atoms with Gasteiger partial charge in [-0.15, -0.1) is 0 Å². The van der Waals surface area contributed by atoms with Gasteiger partial charge in [0.05, 0.1) is 0 Å². The van der Waals surface area contributed by atoms with Crippen molar-refractivity contribution >= 4 is 34.8 Å². The smallest absolute Gasteiger partial charge is 0.171 e. The highest BCUT2D eigenvalue weighted by atomic mass is 35.6. The maximum atomic E-state index is 11.7. The van der Waals surface area contributed by atoms with Crippen LogP contribution in [0.25, 0.3) is 0 Å². The summed E-state index contributed by atoms with van der Waals surface area (Å²) in [6.45, 7) is 0. The Labute approximate surface area is 96.7 Å². The molecule has 0 unspecified atom stereocenters. The van der Waals surface area contributed by atoms with E-state index in [-0.39, 0.29) is 6.42 Å². The van der Waals surface area contributed by atoms with Gasteiger partial charge in [-0.05, 0) is 19.3 Å². The van der Waals surface area contributed by atoms with Crippen LogP contribution in [0.2, 0.25) is 0 Å². The summed E-state index contributed by atoms with van der Waals surface area (Å²) in [4.78, 5) is 0. The molecule has 14 heavy (non-hydrogen) atoms. The minimum atomic E-state index is -4.05. The Balaban J connectivity index is 3.23. The van der Waals surface area contributed by atoms with Crippen molar-refractivity contribution in [1.29, 1.82) is 0 Å². The van der Waals surface area contributed by atoms with E-state index in [1.165, 1.54) is 0 Å². The van der Waals surface area contributed by atoms with Crippen LogP contribution in [0, 0.1) is 0 Å². The number of unbranched alkanes of at least 4 members (excludes halogenated alkanes) is 3. The molecule has 0 bridgehead atoms. The zero-order chi connectivity index (χ0) is 11.2. The van der Waals surface area contributed by atoms with Gasteiger partial charge in [0, 0.05) is 6.42 Å². The van der Waals surface area contributed by atoms with Crippen molar-refractivity contribution in [3.8, 4) is 0 Å². The molecule has 6 heteroatoms. The summed E-state index contributed by atoms with van der Waals surface area (Å²) >= 11 is 16.4. The Morgan fingerprint density at radius 3 is 1.50 bits per heavy atom. The minimum absolute atomic E-state index is 0.156. The summed E-state index contributed by atoms with van der Waals surface area (Å²) in [6.07, 6.45) is -2.37. The van der Waals surface area contributed by atoms with Crippen molar-refractivity contribution < 1.29 is 13.2 Å². The van der Waals surface area contributed by atoms with Crippen molar-refractivity contribution in [2.45, 2.75) is 48.5 Å². The predicted molar refractivity (Wildman–Crippen MR) is 54.0 cm³/mol. The van der Waals surface area contributed by atoms with Gasteiger partial charge in [-0.25, -0.2) is 0 Å². The average Bonchev–Trinajstić information content (AvgIpc) is 1.92. The second-order valence-electron chi connectivity index (χ2n) is 3.14. The van der Waals surface area contributed by atoms with E-state index >= 15 is 0 Å². The third-order valence-corrected chi connectivity index (χ3v) is 2.24. The first-order valence-electron chi connectivity index (χ1n) is 4.34. The van der Waals surface area contributed by atoms with Gasteiger partial charge in [-0.1, -0.05) is 47.6 Å². The zero-order valence-electron chi connectivity index (χ0n) is 7.51. The summed E-state index contributed by atoms with van der Waals surface area (Å²) in [6, 6.07) is 0. The SMILES string of the molecule is FC(F)(F)CCCCCCC(Cl)(Cl)Cl. The number of hydrogen-bond acceptors (Lipinski definition) is 0. The van der Waals surface area contributed by atoms with Gasteiger partial charge in [-0.2, -0.15) is 13.2 Å². The first-order chi connectivity index (χ1) is 6.21. The van der Waals surface area contributed by atoms with Crippen LogP contribution in [-0.2, 0) is 0 Å². The van der Waals surface area contributed by atoms with E-state index < -0.39 is 16.4 Å². The third kappa shape index (κ3) is 12.7. The zero-order valence-corrected chi connectivity index (χ0v) is 9.78. The van der Waals surface area contributed by atoms with Gasteiger partial charge in [0.1, 0.15) is 0 Å². The predicted octanol–water partition coefficient (Wildman–Crippen LogP) is 5.26. The highest BCUT2D eigenvalue weighted by Gasteiger charge is 2.25. The maximum absolute atomic E-state index is 11.7. The normalized spacial score (nSPS) is 13.3. The van der Waals surface area contributed by atoms with Gasteiger partial charge >= 0.3 is 6.18 Å². The van der Waals surface area contributed by atoms with Crippen molar-refractivity contribution in [1.82, 2.24) is 0 Å². The molecule has 0 radical (unpaired) electrons. The molecule has 0 aromatic heterocycles. The van der Waals surface area contributed by atoms with Crippen LogP contribution in [0.15, 0.2) is 0 Å². The number of rotatable bonds is 5.